The SMILES string of the molecule is CC1(C)c2c(ccc3cc(-n4c5ccccc5c5ccccc54)ccc23)-c2ccc3cc(-n4c5ccccc5c5ccccc54)ccc3c21. The predicted octanol–water partition coefficient (Wildman–Crippen LogP) is 12.5. The zero-order valence-electron chi connectivity index (χ0n) is 27.4. The maximum absolute atomic E-state index is 2.42. The molecule has 0 spiro atoms. The van der Waals surface area contributed by atoms with E-state index >= 15 is 0 Å². The van der Waals surface area contributed by atoms with Gasteiger partial charge in [-0.3, -0.25) is 0 Å². The number of benzene rings is 8. The molecule has 10 aromatic rings. The summed E-state index contributed by atoms with van der Waals surface area (Å²) in [6.07, 6.45) is 0. The summed E-state index contributed by atoms with van der Waals surface area (Å²) in [7, 11) is 0. The van der Waals surface area contributed by atoms with E-state index in [1.54, 1.807) is 0 Å². The van der Waals surface area contributed by atoms with Crippen LogP contribution in [0, 0.1) is 0 Å². The molecule has 0 saturated heterocycles. The normalized spacial score (nSPS) is 13.7. The molecular weight excluding hydrogens is 593 g/mol. The van der Waals surface area contributed by atoms with Gasteiger partial charge in [-0.15, -0.1) is 0 Å². The van der Waals surface area contributed by atoms with Gasteiger partial charge < -0.3 is 9.13 Å². The lowest BCUT2D eigenvalue weighted by atomic mass is 9.78. The molecule has 0 fully saturated rings. The van der Waals surface area contributed by atoms with Crippen LogP contribution < -0.4 is 0 Å². The number of para-hydroxylation sites is 4. The Hall–Kier alpha value is -6.12. The molecule has 0 radical (unpaired) electrons. The number of nitrogens with zero attached hydrogens (tertiary/aromatic N) is 2. The molecule has 1 aliphatic carbocycles. The molecule has 0 atom stereocenters. The Balaban J connectivity index is 1.08. The van der Waals surface area contributed by atoms with Gasteiger partial charge >= 0.3 is 0 Å². The highest BCUT2D eigenvalue weighted by atomic mass is 15.0. The Labute approximate surface area is 284 Å². The molecule has 2 heterocycles. The molecule has 2 heteroatoms. The summed E-state index contributed by atoms with van der Waals surface area (Å²) in [5, 5.41) is 10.4. The second kappa shape index (κ2) is 9.49. The van der Waals surface area contributed by atoms with Crippen molar-refractivity contribution in [2.75, 3.05) is 0 Å². The Kier molecular flexibility index (Phi) is 5.21. The smallest absolute Gasteiger partial charge is 0.0541 e. The van der Waals surface area contributed by atoms with Gasteiger partial charge in [0.2, 0.25) is 0 Å². The third kappa shape index (κ3) is 3.50. The van der Waals surface area contributed by atoms with Crippen LogP contribution in [-0.2, 0) is 5.41 Å². The minimum absolute atomic E-state index is 0.160. The first kappa shape index (κ1) is 26.9. The van der Waals surface area contributed by atoms with E-state index in [2.05, 4.69) is 181 Å². The summed E-state index contributed by atoms with van der Waals surface area (Å²) >= 11 is 0. The Morgan fingerprint density at radius 1 is 0.347 bits per heavy atom. The zero-order chi connectivity index (χ0) is 32.4. The lowest BCUT2D eigenvalue weighted by Crippen LogP contribution is -2.16. The summed E-state index contributed by atoms with van der Waals surface area (Å²) in [6.45, 7) is 4.83. The van der Waals surface area contributed by atoms with E-state index in [1.807, 2.05) is 0 Å². The summed E-state index contributed by atoms with van der Waals surface area (Å²) in [5.41, 5.74) is 12.7. The van der Waals surface area contributed by atoms with Crippen LogP contribution in [0.15, 0.2) is 158 Å². The highest BCUT2D eigenvalue weighted by Gasteiger charge is 2.38. The monoisotopic (exact) mass is 624 g/mol. The zero-order valence-corrected chi connectivity index (χ0v) is 27.4. The molecule has 0 bridgehead atoms. The van der Waals surface area contributed by atoms with Gasteiger partial charge in [0.1, 0.15) is 0 Å². The van der Waals surface area contributed by atoms with Crippen LogP contribution in [-0.4, -0.2) is 9.13 Å². The molecule has 2 nitrogen and oxygen atoms in total. The molecule has 11 rings (SSSR count). The van der Waals surface area contributed by atoms with E-state index in [-0.39, 0.29) is 5.41 Å². The molecular formula is C47H32N2. The van der Waals surface area contributed by atoms with Gasteiger partial charge in [0, 0.05) is 38.3 Å². The number of hydrogen-bond donors (Lipinski definition) is 0. The van der Waals surface area contributed by atoms with Crippen LogP contribution in [0.2, 0.25) is 0 Å². The van der Waals surface area contributed by atoms with Crippen molar-refractivity contribution < 1.29 is 0 Å². The number of rotatable bonds is 2. The van der Waals surface area contributed by atoms with E-state index in [9.17, 15) is 0 Å². The van der Waals surface area contributed by atoms with Gasteiger partial charge in [-0.05, 0) is 92.3 Å². The fourth-order valence-corrected chi connectivity index (χ4v) is 9.23. The van der Waals surface area contributed by atoms with Gasteiger partial charge in [0.05, 0.1) is 22.1 Å². The molecule has 0 saturated carbocycles. The van der Waals surface area contributed by atoms with Gasteiger partial charge in [-0.25, -0.2) is 0 Å². The average Bonchev–Trinajstić information content (AvgIpc) is 3.74. The van der Waals surface area contributed by atoms with Crippen LogP contribution in [0.3, 0.4) is 0 Å². The maximum Gasteiger partial charge on any atom is 0.0541 e. The molecule has 0 amide bonds. The molecule has 8 aromatic carbocycles. The molecule has 230 valence electrons. The molecule has 0 aliphatic heterocycles. The minimum atomic E-state index is -0.160. The second-order valence-electron chi connectivity index (χ2n) is 14.2. The van der Waals surface area contributed by atoms with E-state index in [4.69, 9.17) is 0 Å². The summed E-state index contributed by atoms with van der Waals surface area (Å²) in [5.74, 6) is 0. The maximum atomic E-state index is 2.42. The Morgan fingerprint density at radius 3 is 1.06 bits per heavy atom. The van der Waals surface area contributed by atoms with Crippen molar-refractivity contribution in [3.63, 3.8) is 0 Å². The van der Waals surface area contributed by atoms with Crippen molar-refractivity contribution in [2.45, 2.75) is 19.3 Å². The Bertz CT molecular complexity index is 2710. The van der Waals surface area contributed by atoms with Gasteiger partial charge in [-0.2, -0.15) is 0 Å². The minimum Gasteiger partial charge on any atom is -0.309 e. The molecule has 2 aromatic heterocycles. The third-order valence-corrected chi connectivity index (χ3v) is 11.2. The first-order chi connectivity index (χ1) is 24.1. The number of hydrogen-bond acceptors (Lipinski definition) is 0. The molecule has 1 aliphatic rings. The first-order valence-corrected chi connectivity index (χ1v) is 17.2. The number of aromatic nitrogens is 2. The molecule has 0 N–H and O–H groups in total. The van der Waals surface area contributed by atoms with Crippen molar-refractivity contribution in [1.82, 2.24) is 9.13 Å². The van der Waals surface area contributed by atoms with E-state index in [0.717, 1.165) is 0 Å². The summed E-state index contributed by atoms with van der Waals surface area (Å²) < 4.78 is 4.83. The standard InChI is InChI=1S/C47H32N2/c1-47(2)45-33-25-21-31(48-41-15-7-3-11-35(41)36-12-4-8-16-42(36)48)27-29(33)19-23-39(45)40-24-20-30-28-32(22-26-34(30)46(40)47)49-43-17-9-5-13-37(43)38-14-6-10-18-44(38)49/h3-28H,1-2H3. The van der Waals surface area contributed by atoms with E-state index in [0.29, 0.717) is 0 Å². The topological polar surface area (TPSA) is 9.86 Å². The second-order valence-corrected chi connectivity index (χ2v) is 14.2. The highest BCUT2D eigenvalue weighted by Crippen LogP contribution is 2.54. The van der Waals surface area contributed by atoms with Gasteiger partial charge in [0.25, 0.3) is 0 Å². The lowest BCUT2D eigenvalue weighted by Gasteiger charge is -2.25. The van der Waals surface area contributed by atoms with Crippen LogP contribution in [0.5, 0.6) is 0 Å². The van der Waals surface area contributed by atoms with Crippen LogP contribution in [0.25, 0.3) is 87.7 Å². The quantitative estimate of drug-likeness (QED) is 0.181. The Morgan fingerprint density at radius 2 is 0.694 bits per heavy atom. The van der Waals surface area contributed by atoms with Crippen molar-refractivity contribution in [3.8, 4) is 22.5 Å². The summed E-state index contributed by atoms with van der Waals surface area (Å²) in [4.78, 5) is 0. The van der Waals surface area contributed by atoms with Crippen molar-refractivity contribution >= 4 is 65.2 Å². The third-order valence-electron chi connectivity index (χ3n) is 11.2. The van der Waals surface area contributed by atoms with Crippen molar-refractivity contribution in [3.05, 3.63) is 169 Å². The molecule has 0 unspecified atom stereocenters. The van der Waals surface area contributed by atoms with E-state index < -0.39 is 0 Å². The van der Waals surface area contributed by atoms with Gasteiger partial charge in [-0.1, -0.05) is 123 Å². The predicted molar refractivity (Wildman–Crippen MR) is 208 cm³/mol. The van der Waals surface area contributed by atoms with E-state index in [1.165, 1.54) is 98.8 Å². The first-order valence-electron chi connectivity index (χ1n) is 17.2. The van der Waals surface area contributed by atoms with Crippen LogP contribution in [0.1, 0.15) is 25.0 Å². The van der Waals surface area contributed by atoms with Crippen molar-refractivity contribution in [1.29, 1.82) is 0 Å². The van der Waals surface area contributed by atoms with Crippen LogP contribution >= 0.6 is 0 Å². The van der Waals surface area contributed by atoms with Crippen LogP contribution in [0.4, 0.5) is 0 Å². The average molecular weight is 625 g/mol. The highest BCUT2D eigenvalue weighted by molar-refractivity contribution is 6.11. The van der Waals surface area contributed by atoms with Crippen molar-refractivity contribution in [2.24, 2.45) is 0 Å². The largest absolute Gasteiger partial charge is 0.309 e. The fraction of sp³-hybridized carbons (Fsp3) is 0.0638. The number of fused-ring (bicyclic) bond motifs is 13. The van der Waals surface area contributed by atoms with Gasteiger partial charge in [0.15, 0.2) is 0 Å². The summed E-state index contributed by atoms with van der Waals surface area (Å²) in [6, 6.07) is 58.5. The molecule has 49 heavy (non-hydrogen) atoms. The fourth-order valence-electron chi connectivity index (χ4n) is 9.23. The lowest BCUT2D eigenvalue weighted by molar-refractivity contribution is 0.672.